The first-order chi connectivity index (χ1) is 24.1. The predicted molar refractivity (Wildman–Crippen MR) is 188 cm³/mol. The van der Waals surface area contributed by atoms with E-state index in [9.17, 15) is 15.3 Å². The molecule has 2 heterocycles. The molecular weight excluding hydrogens is 640 g/mol. The van der Waals surface area contributed by atoms with E-state index >= 15 is 0 Å². The van der Waals surface area contributed by atoms with Crippen molar-refractivity contribution in [3.63, 3.8) is 0 Å². The standard InChI is InChI=1S/C39H44N2O9/c1-40-14-12-22-24(18-30(46-4)37(47-5)33(22)42)27(40)16-20-8-10-21(11-9-20)50-36-26-17-28-31-23(13-15-41(28)2)34(43)39(49-7)38(48-6)32(31)25(26)19-29(45-3)35(36)44/h8-11,18-19,27-28,42-44H,12-17H2,1-7H3. The second-order valence-corrected chi connectivity index (χ2v) is 13.1. The van der Waals surface area contributed by atoms with Crippen molar-refractivity contribution in [1.29, 1.82) is 0 Å². The van der Waals surface area contributed by atoms with Gasteiger partial charge in [0.15, 0.2) is 34.5 Å². The number of phenols is 3. The number of benzene rings is 4. The summed E-state index contributed by atoms with van der Waals surface area (Å²) in [5.41, 5.74) is 7.20. The fourth-order valence-electron chi connectivity index (χ4n) is 8.08. The highest BCUT2D eigenvalue weighted by Gasteiger charge is 2.41. The molecule has 0 amide bonds. The quantitative estimate of drug-likeness (QED) is 0.188. The minimum absolute atomic E-state index is 0.00882. The summed E-state index contributed by atoms with van der Waals surface area (Å²) in [7, 11) is 11.8. The molecule has 3 N–H and O–H groups in total. The molecule has 3 aliphatic rings. The number of methoxy groups -OCH3 is 5. The van der Waals surface area contributed by atoms with E-state index < -0.39 is 0 Å². The van der Waals surface area contributed by atoms with Gasteiger partial charge in [-0.15, -0.1) is 0 Å². The van der Waals surface area contributed by atoms with E-state index in [1.54, 1.807) is 20.3 Å². The fourth-order valence-corrected chi connectivity index (χ4v) is 8.08. The number of aromatic hydroxyl groups is 3. The molecule has 0 spiro atoms. The van der Waals surface area contributed by atoms with Crippen molar-refractivity contribution < 1.29 is 43.7 Å². The second-order valence-electron chi connectivity index (χ2n) is 13.1. The normalized spacial score (nSPS) is 18.1. The van der Waals surface area contributed by atoms with Gasteiger partial charge in [0.1, 0.15) is 5.75 Å². The van der Waals surface area contributed by atoms with Crippen molar-refractivity contribution in [2.45, 2.75) is 37.8 Å². The van der Waals surface area contributed by atoms with Crippen LogP contribution in [0.5, 0.6) is 57.5 Å². The summed E-state index contributed by atoms with van der Waals surface area (Å²) in [6.07, 6.45) is 2.60. The summed E-state index contributed by atoms with van der Waals surface area (Å²) in [6, 6.07) is 11.5. The van der Waals surface area contributed by atoms with E-state index in [1.807, 2.05) is 30.3 Å². The Balaban J connectivity index is 1.26. The van der Waals surface area contributed by atoms with Crippen LogP contribution in [0.3, 0.4) is 0 Å². The lowest BCUT2D eigenvalue weighted by molar-refractivity contribution is 0.221. The van der Waals surface area contributed by atoms with E-state index in [-0.39, 0.29) is 40.8 Å². The molecule has 1 aliphatic carbocycles. The number of ether oxygens (including phenoxy) is 6. The molecule has 11 heteroatoms. The molecule has 0 saturated carbocycles. The summed E-state index contributed by atoms with van der Waals surface area (Å²) >= 11 is 0. The zero-order valence-corrected chi connectivity index (χ0v) is 29.5. The lowest BCUT2D eigenvalue weighted by atomic mass is 9.75. The largest absolute Gasteiger partial charge is 0.504 e. The lowest BCUT2D eigenvalue weighted by Gasteiger charge is -2.41. The number of rotatable bonds is 9. The zero-order valence-electron chi connectivity index (χ0n) is 29.5. The molecule has 11 nitrogen and oxygen atoms in total. The van der Waals surface area contributed by atoms with Crippen LogP contribution >= 0.6 is 0 Å². The van der Waals surface area contributed by atoms with Crippen LogP contribution < -0.4 is 28.4 Å². The number of phenolic OH excluding ortho intramolecular Hbond substituents is 3. The molecule has 0 fully saturated rings. The molecular formula is C39H44N2O9. The van der Waals surface area contributed by atoms with Crippen molar-refractivity contribution in [1.82, 2.24) is 9.80 Å². The van der Waals surface area contributed by atoms with Crippen molar-refractivity contribution in [3.8, 4) is 68.6 Å². The Kier molecular flexibility index (Phi) is 8.73. The van der Waals surface area contributed by atoms with E-state index in [1.165, 1.54) is 21.3 Å². The summed E-state index contributed by atoms with van der Waals surface area (Å²) < 4.78 is 34.8. The van der Waals surface area contributed by atoms with Gasteiger partial charge in [0, 0.05) is 47.4 Å². The lowest BCUT2D eigenvalue weighted by Crippen LogP contribution is -2.36. The summed E-state index contributed by atoms with van der Waals surface area (Å²) in [5.74, 6) is 2.83. The molecule has 4 aromatic carbocycles. The Morgan fingerprint density at radius 3 is 1.96 bits per heavy atom. The molecule has 4 aromatic rings. The van der Waals surface area contributed by atoms with E-state index in [4.69, 9.17) is 28.4 Å². The maximum absolute atomic E-state index is 11.5. The van der Waals surface area contributed by atoms with Gasteiger partial charge in [-0.25, -0.2) is 0 Å². The highest BCUT2D eigenvalue weighted by Crippen LogP contribution is 2.60. The Morgan fingerprint density at radius 2 is 1.30 bits per heavy atom. The minimum atomic E-state index is -0.0909. The van der Waals surface area contributed by atoms with Gasteiger partial charge in [-0.05, 0) is 86.3 Å². The third kappa shape index (κ3) is 5.18. The van der Waals surface area contributed by atoms with Crippen molar-refractivity contribution in [2.24, 2.45) is 0 Å². The number of nitrogens with zero attached hydrogens (tertiary/aromatic N) is 2. The van der Waals surface area contributed by atoms with Crippen LogP contribution in [0.25, 0.3) is 11.1 Å². The SMILES string of the molecule is COc1cc2c(c(Oc3ccc(CC4c5cc(OC)c(OC)c(O)c5CCN4C)cc3)c1O)CC1c3c(c(O)c(OC)c(OC)c3-2)CCN1C. The molecule has 7 rings (SSSR count). The van der Waals surface area contributed by atoms with E-state index in [0.717, 1.165) is 57.6 Å². The second kappa shape index (κ2) is 13.0. The Bertz CT molecular complexity index is 1960. The molecule has 2 atom stereocenters. The molecule has 50 heavy (non-hydrogen) atoms. The van der Waals surface area contributed by atoms with Gasteiger partial charge < -0.3 is 43.7 Å². The average Bonchev–Trinajstić information content (AvgIpc) is 3.12. The molecule has 2 aliphatic heterocycles. The van der Waals surface area contributed by atoms with Gasteiger partial charge in [0.25, 0.3) is 0 Å². The number of fused-ring (bicyclic) bond motifs is 3. The number of hydrogen-bond donors (Lipinski definition) is 3. The van der Waals surface area contributed by atoms with Crippen molar-refractivity contribution in [3.05, 3.63) is 69.8 Å². The predicted octanol–water partition coefficient (Wildman–Crippen LogP) is 6.16. The van der Waals surface area contributed by atoms with Crippen LogP contribution in [0.1, 0.15) is 45.5 Å². The summed E-state index contributed by atoms with van der Waals surface area (Å²) in [5, 5.41) is 33.8. The number of hydrogen-bond acceptors (Lipinski definition) is 11. The number of likely N-dealkylation sites (N-methyl/N-ethyl adjacent to an activating group) is 2. The van der Waals surface area contributed by atoms with Gasteiger partial charge in [-0.3, -0.25) is 9.80 Å². The highest BCUT2D eigenvalue weighted by atomic mass is 16.5. The molecule has 2 unspecified atom stereocenters. The van der Waals surface area contributed by atoms with Gasteiger partial charge in [0.2, 0.25) is 17.2 Å². The Morgan fingerprint density at radius 1 is 0.660 bits per heavy atom. The monoisotopic (exact) mass is 684 g/mol. The van der Waals surface area contributed by atoms with Crippen LogP contribution in [-0.2, 0) is 25.7 Å². The van der Waals surface area contributed by atoms with Crippen LogP contribution in [0.2, 0.25) is 0 Å². The van der Waals surface area contributed by atoms with Gasteiger partial charge >= 0.3 is 0 Å². The molecule has 0 saturated heterocycles. The van der Waals surface area contributed by atoms with Crippen molar-refractivity contribution in [2.75, 3.05) is 62.7 Å². The topological polar surface area (TPSA) is 123 Å². The van der Waals surface area contributed by atoms with Crippen LogP contribution in [-0.4, -0.2) is 87.9 Å². The first-order valence-electron chi connectivity index (χ1n) is 16.7. The molecule has 0 radical (unpaired) electrons. The summed E-state index contributed by atoms with van der Waals surface area (Å²) in [6.45, 7) is 1.54. The van der Waals surface area contributed by atoms with Crippen LogP contribution in [0.4, 0.5) is 0 Å². The summed E-state index contributed by atoms with van der Waals surface area (Å²) in [4.78, 5) is 4.54. The highest BCUT2D eigenvalue weighted by molar-refractivity contribution is 5.89. The first-order valence-corrected chi connectivity index (χ1v) is 16.7. The van der Waals surface area contributed by atoms with Crippen molar-refractivity contribution >= 4 is 0 Å². The maximum Gasteiger partial charge on any atom is 0.204 e. The zero-order chi connectivity index (χ0) is 35.4. The van der Waals surface area contributed by atoms with Crippen LogP contribution in [0, 0.1) is 0 Å². The maximum atomic E-state index is 11.5. The minimum Gasteiger partial charge on any atom is -0.504 e. The average molecular weight is 685 g/mol. The van der Waals surface area contributed by atoms with Gasteiger partial charge in [-0.1, -0.05) is 12.1 Å². The molecule has 264 valence electrons. The smallest absolute Gasteiger partial charge is 0.204 e. The molecule has 0 bridgehead atoms. The van der Waals surface area contributed by atoms with Gasteiger partial charge in [-0.2, -0.15) is 0 Å². The van der Waals surface area contributed by atoms with Crippen LogP contribution in [0.15, 0.2) is 36.4 Å². The van der Waals surface area contributed by atoms with E-state index in [2.05, 4.69) is 23.9 Å². The molecule has 0 aromatic heterocycles. The Labute approximate surface area is 292 Å². The Hall–Kier alpha value is -5.00. The third-order valence-electron chi connectivity index (χ3n) is 10.7. The fraction of sp³-hybridized carbons (Fsp3) is 0.385. The third-order valence-corrected chi connectivity index (χ3v) is 10.7. The van der Waals surface area contributed by atoms with Gasteiger partial charge in [0.05, 0.1) is 35.5 Å². The van der Waals surface area contributed by atoms with E-state index in [0.29, 0.717) is 54.4 Å². The first kappa shape index (κ1) is 33.5.